The van der Waals surface area contributed by atoms with Crippen LogP contribution in [0.1, 0.15) is 373 Å². The zero-order valence-electron chi connectivity index (χ0n) is 58.4. The largest absolute Gasteiger partial charge is 0.545 e. The van der Waals surface area contributed by atoms with Crippen LogP contribution in [-0.2, 0) is 33.3 Å². The Morgan fingerprint density at radius 2 is 0.621 bits per heavy atom. The molecule has 2 atom stereocenters. The Hall–Kier alpha value is -2.75. The van der Waals surface area contributed by atoms with Gasteiger partial charge in [-0.1, -0.05) is 332 Å². The molecule has 0 N–H and O–H groups in total. The van der Waals surface area contributed by atoms with Crippen molar-refractivity contribution >= 4 is 17.9 Å². The van der Waals surface area contributed by atoms with Gasteiger partial charge in [-0.25, -0.2) is 0 Å². The van der Waals surface area contributed by atoms with Crippen molar-refractivity contribution in [1.82, 2.24) is 0 Å². The SMILES string of the molecule is CCCCCCC/C=C\C/C=C\C/C=C\CCCCCCCCCCCCC(=O)OC(COC(=O)CCCCCCCCCCCCCCCCCCCCCCCCCCC/C=C\CCCCCCCCCC)COC(OCC[N+](C)(C)C)C(=O)[O-]. The minimum absolute atomic E-state index is 0.148. The van der Waals surface area contributed by atoms with Crippen LogP contribution in [0.15, 0.2) is 48.6 Å². The van der Waals surface area contributed by atoms with Gasteiger partial charge in [-0.15, -0.1) is 0 Å². The second-order valence-corrected chi connectivity index (χ2v) is 26.9. The maximum absolute atomic E-state index is 12.9. The number of carboxylic acids is 1. The van der Waals surface area contributed by atoms with Gasteiger partial charge in [0.1, 0.15) is 13.2 Å². The van der Waals surface area contributed by atoms with E-state index in [2.05, 4.69) is 62.5 Å². The van der Waals surface area contributed by atoms with E-state index in [1.165, 1.54) is 289 Å². The third kappa shape index (κ3) is 70.6. The van der Waals surface area contributed by atoms with Crippen molar-refractivity contribution in [3.63, 3.8) is 0 Å². The van der Waals surface area contributed by atoms with Crippen LogP contribution in [0.25, 0.3) is 0 Å². The fourth-order valence-corrected chi connectivity index (χ4v) is 11.2. The fraction of sp³-hybridized carbons (Fsp3) is 0.859. The average Bonchev–Trinajstić information content (AvgIpc) is 3.59. The molecule has 0 fully saturated rings. The zero-order chi connectivity index (χ0) is 63.3. The minimum atomic E-state index is -1.62. The van der Waals surface area contributed by atoms with Gasteiger partial charge in [0.25, 0.3) is 0 Å². The van der Waals surface area contributed by atoms with Gasteiger partial charge in [0.05, 0.1) is 40.3 Å². The summed E-state index contributed by atoms with van der Waals surface area (Å²) in [4.78, 5) is 37.5. The first-order valence-corrected chi connectivity index (χ1v) is 37.8. The summed E-state index contributed by atoms with van der Waals surface area (Å²) in [7, 11) is 5.94. The maximum Gasteiger partial charge on any atom is 0.306 e. The van der Waals surface area contributed by atoms with E-state index in [4.69, 9.17) is 18.9 Å². The molecule has 9 nitrogen and oxygen atoms in total. The Bertz CT molecular complexity index is 1570. The molecule has 9 heteroatoms. The lowest BCUT2D eigenvalue weighted by Gasteiger charge is -2.26. The van der Waals surface area contributed by atoms with Crippen LogP contribution >= 0.6 is 0 Å². The summed E-state index contributed by atoms with van der Waals surface area (Å²) in [6, 6.07) is 0. The van der Waals surface area contributed by atoms with Gasteiger partial charge in [0, 0.05) is 12.8 Å². The standard InChI is InChI=1S/C78H145NO8/c1-6-8-10-12-14-16-18-20-22-24-26-28-30-32-33-34-35-36-37-38-39-40-41-42-43-45-46-48-50-52-54-56-58-60-62-64-66-68-75(80)85-72-74(73-86-78(77(82)83)84-71-70-79(3,4)5)87-76(81)69-67-65-63-61-59-57-55-53-51-49-47-44-31-29-27-25-23-21-19-17-15-13-11-9-7-2/h19,21,24-27,31,44,74,78H,6-18,20,22-23,28-30,32-43,45-73H2,1-5H3/b21-19-,26-24-,27-25-,44-31-. The van der Waals surface area contributed by atoms with Crippen LogP contribution in [0.3, 0.4) is 0 Å². The van der Waals surface area contributed by atoms with Gasteiger partial charge in [-0.2, -0.15) is 0 Å². The number of likely N-dealkylation sites (N-methyl/N-ethyl adjacent to an activating group) is 1. The third-order valence-electron chi connectivity index (χ3n) is 17.0. The fourth-order valence-electron chi connectivity index (χ4n) is 11.2. The molecule has 0 aromatic heterocycles. The number of aliphatic carboxylic acids is 1. The van der Waals surface area contributed by atoms with Gasteiger partial charge in [-0.3, -0.25) is 9.59 Å². The number of nitrogens with zero attached hydrogens (tertiary/aromatic N) is 1. The number of carboxylic acid groups (broad SMARTS) is 1. The monoisotopic (exact) mass is 1220 g/mol. The van der Waals surface area contributed by atoms with Crippen LogP contribution in [-0.4, -0.2) is 82.3 Å². The molecule has 0 bridgehead atoms. The lowest BCUT2D eigenvalue weighted by atomic mass is 10.0. The topological polar surface area (TPSA) is 111 Å². The van der Waals surface area contributed by atoms with Crippen LogP contribution < -0.4 is 5.11 Å². The van der Waals surface area contributed by atoms with E-state index in [9.17, 15) is 19.5 Å². The molecule has 0 aliphatic carbocycles. The highest BCUT2D eigenvalue weighted by Gasteiger charge is 2.22. The van der Waals surface area contributed by atoms with Crippen molar-refractivity contribution in [2.45, 2.75) is 386 Å². The van der Waals surface area contributed by atoms with Crippen molar-refractivity contribution < 1.29 is 42.9 Å². The Morgan fingerprint density at radius 1 is 0.345 bits per heavy atom. The molecule has 0 heterocycles. The predicted molar refractivity (Wildman–Crippen MR) is 371 cm³/mol. The molecule has 0 spiro atoms. The lowest BCUT2D eigenvalue weighted by molar-refractivity contribution is -0.870. The smallest absolute Gasteiger partial charge is 0.306 e. The van der Waals surface area contributed by atoms with Gasteiger partial charge in [0.2, 0.25) is 0 Å². The first-order valence-electron chi connectivity index (χ1n) is 37.8. The van der Waals surface area contributed by atoms with Crippen LogP contribution in [0.2, 0.25) is 0 Å². The van der Waals surface area contributed by atoms with Crippen molar-refractivity contribution in [3.8, 4) is 0 Å². The van der Waals surface area contributed by atoms with E-state index in [-0.39, 0.29) is 32.2 Å². The quantitative estimate of drug-likeness (QED) is 0.0195. The molecule has 2 unspecified atom stereocenters. The minimum Gasteiger partial charge on any atom is -0.545 e. The first kappa shape index (κ1) is 84.2. The molecule has 87 heavy (non-hydrogen) atoms. The van der Waals surface area contributed by atoms with Crippen molar-refractivity contribution in [2.24, 2.45) is 0 Å². The number of carbonyl (C=O) groups excluding carboxylic acids is 3. The highest BCUT2D eigenvalue weighted by Crippen LogP contribution is 2.19. The second-order valence-electron chi connectivity index (χ2n) is 26.9. The van der Waals surface area contributed by atoms with E-state index in [0.29, 0.717) is 23.9 Å². The molecule has 0 saturated carbocycles. The van der Waals surface area contributed by atoms with E-state index in [1.54, 1.807) is 0 Å². The van der Waals surface area contributed by atoms with Gasteiger partial charge in [-0.05, 0) is 77.0 Å². The highest BCUT2D eigenvalue weighted by molar-refractivity contribution is 5.70. The molecule has 0 aliphatic heterocycles. The van der Waals surface area contributed by atoms with Crippen molar-refractivity contribution in [2.75, 3.05) is 47.5 Å². The summed E-state index contributed by atoms with van der Waals surface area (Å²) in [5.41, 5.74) is 0. The Morgan fingerprint density at radius 3 is 0.931 bits per heavy atom. The van der Waals surface area contributed by atoms with Crippen LogP contribution in [0.5, 0.6) is 0 Å². The van der Waals surface area contributed by atoms with Crippen molar-refractivity contribution in [1.29, 1.82) is 0 Å². The van der Waals surface area contributed by atoms with Gasteiger partial charge >= 0.3 is 11.9 Å². The average molecular weight is 1230 g/mol. The Labute approximate surface area is 540 Å². The second kappa shape index (κ2) is 69.1. The molecule has 0 radical (unpaired) electrons. The zero-order valence-corrected chi connectivity index (χ0v) is 58.4. The molecule has 0 amide bonds. The predicted octanol–water partition coefficient (Wildman–Crippen LogP) is 22.4. The van der Waals surface area contributed by atoms with Gasteiger partial charge in [0.15, 0.2) is 12.4 Å². The van der Waals surface area contributed by atoms with Crippen LogP contribution in [0.4, 0.5) is 0 Å². The summed E-state index contributed by atoms with van der Waals surface area (Å²) >= 11 is 0. The number of rotatable bonds is 71. The number of unbranched alkanes of at least 4 members (excludes halogenated alkanes) is 48. The van der Waals surface area contributed by atoms with Crippen molar-refractivity contribution in [3.05, 3.63) is 48.6 Å². The molecule has 0 saturated heterocycles. The number of hydrogen-bond acceptors (Lipinski definition) is 8. The first-order chi connectivity index (χ1) is 42.6. The molecular formula is C78H145NO8. The number of esters is 2. The number of ether oxygens (including phenoxy) is 4. The normalized spacial score (nSPS) is 12.9. The lowest BCUT2D eigenvalue weighted by Crippen LogP contribution is -2.44. The molecule has 0 aliphatic rings. The van der Waals surface area contributed by atoms with E-state index < -0.39 is 24.3 Å². The third-order valence-corrected chi connectivity index (χ3v) is 17.0. The van der Waals surface area contributed by atoms with Crippen LogP contribution in [0, 0.1) is 0 Å². The molecular weight excluding hydrogens is 1080 g/mol. The highest BCUT2D eigenvalue weighted by atomic mass is 16.7. The summed E-state index contributed by atoms with van der Waals surface area (Å²) < 4.78 is 22.8. The summed E-state index contributed by atoms with van der Waals surface area (Å²) in [6.45, 7) is 4.79. The number of allylic oxidation sites excluding steroid dienone is 8. The number of quaternary nitrogens is 1. The van der Waals surface area contributed by atoms with E-state index >= 15 is 0 Å². The Kier molecular flexibility index (Phi) is 67.0. The number of carbonyl (C=O) groups is 3. The summed E-state index contributed by atoms with van der Waals surface area (Å²) in [5.74, 6) is -2.27. The summed E-state index contributed by atoms with van der Waals surface area (Å²) in [6.07, 6.45) is 86.5. The number of hydrogen-bond donors (Lipinski definition) is 0. The van der Waals surface area contributed by atoms with E-state index in [1.807, 2.05) is 21.1 Å². The van der Waals surface area contributed by atoms with Gasteiger partial charge < -0.3 is 33.3 Å². The Balaban J connectivity index is 3.99. The molecule has 0 aromatic carbocycles. The molecule has 0 rings (SSSR count). The molecule has 510 valence electrons. The molecule has 0 aromatic rings. The van der Waals surface area contributed by atoms with E-state index in [0.717, 1.165) is 51.4 Å². The maximum atomic E-state index is 12.9. The summed E-state index contributed by atoms with van der Waals surface area (Å²) in [5, 5.41) is 11.8.